The fourth-order valence-corrected chi connectivity index (χ4v) is 2.28. The van der Waals surface area contributed by atoms with E-state index in [1.807, 2.05) is 44.4 Å². The van der Waals surface area contributed by atoms with Crippen molar-refractivity contribution in [3.63, 3.8) is 0 Å². The molecule has 0 N–H and O–H groups in total. The van der Waals surface area contributed by atoms with Crippen LogP contribution in [0.1, 0.15) is 5.56 Å². The molecule has 1 aromatic rings. The van der Waals surface area contributed by atoms with Gasteiger partial charge in [-0.05, 0) is 19.7 Å². The van der Waals surface area contributed by atoms with Gasteiger partial charge in [0.2, 0.25) is 0 Å². The van der Waals surface area contributed by atoms with Crippen molar-refractivity contribution in [2.75, 3.05) is 32.1 Å². The quantitative estimate of drug-likeness (QED) is 0.677. The molecule has 0 heterocycles. The summed E-state index contributed by atoms with van der Waals surface area (Å²) in [4.78, 5) is 13.8. The zero-order valence-electron chi connectivity index (χ0n) is 9.98. The molecule has 0 spiro atoms. The zero-order valence-corrected chi connectivity index (χ0v) is 10.8. The van der Waals surface area contributed by atoms with Crippen molar-refractivity contribution in [3.05, 3.63) is 35.9 Å². The molecule has 3 heteroatoms. The Morgan fingerprint density at radius 3 is 2.56 bits per heavy atom. The number of ketones is 1. The third-order valence-electron chi connectivity index (χ3n) is 2.19. The Balaban J connectivity index is 2.17. The Labute approximate surface area is 102 Å². The molecule has 0 atom stereocenters. The highest BCUT2D eigenvalue weighted by Crippen LogP contribution is 2.05. The van der Waals surface area contributed by atoms with Crippen LogP contribution in [0.5, 0.6) is 0 Å². The van der Waals surface area contributed by atoms with Crippen molar-refractivity contribution < 1.29 is 4.79 Å². The van der Waals surface area contributed by atoms with Crippen LogP contribution < -0.4 is 0 Å². The molecule has 1 rings (SSSR count). The molecule has 0 fully saturated rings. The Bertz CT molecular complexity index is 311. The normalized spacial score (nSPS) is 10.7. The molecular weight excluding hydrogens is 218 g/mol. The Morgan fingerprint density at radius 2 is 1.94 bits per heavy atom. The van der Waals surface area contributed by atoms with E-state index in [0.29, 0.717) is 18.0 Å². The third-order valence-corrected chi connectivity index (χ3v) is 3.19. The predicted molar refractivity (Wildman–Crippen MR) is 71.0 cm³/mol. The van der Waals surface area contributed by atoms with Gasteiger partial charge in [-0.2, -0.15) is 11.8 Å². The second-order valence-electron chi connectivity index (χ2n) is 4.06. The lowest BCUT2D eigenvalue weighted by Crippen LogP contribution is -2.16. The second-order valence-corrected chi connectivity index (χ2v) is 5.16. The summed E-state index contributed by atoms with van der Waals surface area (Å²) in [6.45, 7) is 1.03. The van der Waals surface area contributed by atoms with E-state index in [9.17, 15) is 4.79 Å². The van der Waals surface area contributed by atoms with Crippen LogP contribution in [0.15, 0.2) is 30.3 Å². The maximum Gasteiger partial charge on any atom is 0.147 e. The van der Waals surface area contributed by atoms with Crippen molar-refractivity contribution in [2.45, 2.75) is 6.42 Å². The number of thioether (sulfide) groups is 1. The SMILES string of the molecule is CN(C)CCSCC(=O)Cc1ccccc1. The lowest BCUT2D eigenvalue weighted by molar-refractivity contribution is -0.116. The van der Waals surface area contributed by atoms with Crippen LogP contribution in [-0.4, -0.2) is 42.8 Å². The number of carbonyl (C=O) groups is 1. The van der Waals surface area contributed by atoms with Crippen LogP contribution in [-0.2, 0) is 11.2 Å². The zero-order chi connectivity index (χ0) is 11.8. The number of hydrogen-bond donors (Lipinski definition) is 0. The summed E-state index contributed by atoms with van der Waals surface area (Å²) >= 11 is 1.72. The minimum atomic E-state index is 0.315. The van der Waals surface area contributed by atoms with Crippen LogP contribution in [0.2, 0.25) is 0 Å². The van der Waals surface area contributed by atoms with E-state index in [0.717, 1.165) is 17.9 Å². The maximum atomic E-state index is 11.6. The maximum absolute atomic E-state index is 11.6. The minimum absolute atomic E-state index is 0.315. The molecule has 0 saturated heterocycles. The highest BCUT2D eigenvalue weighted by molar-refractivity contribution is 7.99. The largest absolute Gasteiger partial charge is 0.309 e. The van der Waals surface area contributed by atoms with Crippen LogP contribution in [0.4, 0.5) is 0 Å². The lowest BCUT2D eigenvalue weighted by atomic mass is 10.1. The molecule has 0 unspecified atom stereocenters. The van der Waals surface area contributed by atoms with Gasteiger partial charge in [-0.3, -0.25) is 4.79 Å². The Kier molecular flexibility index (Phi) is 6.19. The van der Waals surface area contributed by atoms with E-state index in [-0.39, 0.29) is 0 Å². The van der Waals surface area contributed by atoms with E-state index < -0.39 is 0 Å². The summed E-state index contributed by atoms with van der Waals surface area (Å²) < 4.78 is 0. The smallest absolute Gasteiger partial charge is 0.147 e. The monoisotopic (exact) mass is 237 g/mol. The van der Waals surface area contributed by atoms with Crippen molar-refractivity contribution in [2.24, 2.45) is 0 Å². The highest BCUT2D eigenvalue weighted by atomic mass is 32.2. The summed E-state index contributed by atoms with van der Waals surface area (Å²) in [6, 6.07) is 9.92. The summed E-state index contributed by atoms with van der Waals surface area (Å²) in [6.07, 6.45) is 0.565. The summed E-state index contributed by atoms with van der Waals surface area (Å²) in [5.74, 6) is 1.96. The number of rotatable bonds is 7. The number of hydrogen-bond acceptors (Lipinski definition) is 3. The highest BCUT2D eigenvalue weighted by Gasteiger charge is 2.03. The van der Waals surface area contributed by atoms with Crippen molar-refractivity contribution in [3.8, 4) is 0 Å². The standard InChI is InChI=1S/C13H19NOS/c1-14(2)8-9-16-11-13(15)10-12-6-4-3-5-7-12/h3-7H,8-11H2,1-2H3. The summed E-state index contributed by atoms with van der Waals surface area (Å²) in [7, 11) is 4.10. The van der Waals surface area contributed by atoms with Crippen LogP contribution in [0.3, 0.4) is 0 Å². The van der Waals surface area contributed by atoms with Crippen LogP contribution in [0.25, 0.3) is 0 Å². The first-order valence-electron chi connectivity index (χ1n) is 5.46. The second kappa shape index (κ2) is 7.47. The average molecular weight is 237 g/mol. The molecule has 0 aliphatic carbocycles. The average Bonchev–Trinajstić information content (AvgIpc) is 2.25. The van der Waals surface area contributed by atoms with Gasteiger partial charge < -0.3 is 4.90 Å². The van der Waals surface area contributed by atoms with Gasteiger partial charge in [0.25, 0.3) is 0 Å². The van der Waals surface area contributed by atoms with Gasteiger partial charge in [-0.15, -0.1) is 0 Å². The molecule has 16 heavy (non-hydrogen) atoms. The molecule has 0 aliphatic rings. The van der Waals surface area contributed by atoms with Gasteiger partial charge in [0.05, 0.1) is 5.75 Å². The first-order chi connectivity index (χ1) is 7.68. The van der Waals surface area contributed by atoms with Gasteiger partial charge in [-0.1, -0.05) is 30.3 Å². The summed E-state index contributed by atoms with van der Waals surface area (Å²) in [5.41, 5.74) is 1.11. The number of Topliss-reactive ketones (excluding diaryl/α,β-unsaturated/α-hetero) is 1. The summed E-state index contributed by atoms with van der Waals surface area (Å²) in [5, 5.41) is 0. The first kappa shape index (κ1) is 13.3. The minimum Gasteiger partial charge on any atom is -0.309 e. The van der Waals surface area contributed by atoms with E-state index in [2.05, 4.69) is 4.90 Å². The third kappa shape index (κ3) is 5.93. The van der Waals surface area contributed by atoms with E-state index >= 15 is 0 Å². The van der Waals surface area contributed by atoms with Gasteiger partial charge in [-0.25, -0.2) is 0 Å². The molecule has 0 aliphatic heterocycles. The molecule has 0 saturated carbocycles. The predicted octanol–water partition coefficient (Wildman–Crippen LogP) is 2.09. The fraction of sp³-hybridized carbons (Fsp3) is 0.462. The Morgan fingerprint density at radius 1 is 1.25 bits per heavy atom. The number of benzene rings is 1. The van der Waals surface area contributed by atoms with Gasteiger partial charge in [0.1, 0.15) is 5.78 Å². The molecule has 0 amide bonds. The van der Waals surface area contributed by atoms with Crippen molar-refractivity contribution in [1.82, 2.24) is 4.90 Å². The molecule has 0 aromatic heterocycles. The topological polar surface area (TPSA) is 20.3 Å². The van der Waals surface area contributed by atoms with Gasteiger partial charge >= 0.3 is 0 Å². The van der Waals surface area contributed by atoms with Gasteiger partial charge in [0.15, 0.2) is 0 Å². The lowest BCUT2D eigenvalue weighted by Gasteiger charge is -2.08. The van der Waals surface area contributed by atoms with E-state index in [4.69, 9.17) is 0 Å². The number of carbonyl (C=O) groups excluding carboxylic acids is 1. The number of nitrogens with zero attached hydrogens (tertiary/aromatic N) is 1. The fourth-order valence-electron chi connectivity index (χ4n) is 1.31. The van der Waals surface area contributed by atoms with E-state index in [1.54, 1.807) is 11.8 Å². The van der Waals surface area contributed by atoms with E-state index in [1.165, 1.54) is 0 Å². The molecule has 0 bridgehead atoms. The van der Waals surface area contributed by atoms with Crippen molar-refractivity contribution in [1.29, 1.82) is 0 Å². The first-order valence-corrected chi connectivity index (χ1v) is 6.62. The molecular formula is C13H19NOS. The Hall–Kier alpha value is -0.800. The van der Waals surface area contributed by atoms with Crippen molar-refractivity contribution >= 4 is 17.5 Å². The van der Waals surface area contributed by atoms with Crippen LogP contribution >= 0.6 is 11.8 Å². The molecule has 1 aromatic carbocycles. The molecule has 2 nitrogen and oxygen atoms in total. The molecule has 0 radical (unpaired) electrons. The molecule has 88 valence electrons. The van der Waals surface area contributed by atoms with Gasteiger partial charge in [0, 0.05) is 18.7 Å². The van der Waals surface area contributed by atoms with Crippen LogP contribution in [0, 0.1) is 0 Å².